The Morgan fingerprint density at radius 3 is 2.50 bits per heavy atom. The lowest BCUT2D eigenvalue weighted by Crippen LogP contribution is -2.53. The average Bonchev–Trinajstić information content (AvgIpc) is 2.85. The van der Waals surface area contributed by atoms with Crippen LogP contribution in [-0.4, -0.2) is 41.4 Å². The largest absolute Gasteiger partial charge is 0.352 e. The third-order valence-electron chi connectivity index (χ3n) is 3.98. The number of amides is 2. The maximum atomic E-state index is 12.1. The van der Waals surface area contributed by atoms with Crippen molar-refractivity contribution in [2.24, 2.45) is 5.73 Å². The van der Waals surface area contributed by atoms with Crippen LogP contribution < -0.4 is 11.1 Å². The molecule has 18 heavy (non-hydrogen) atoms. The molecule has 3 N–H and O–H groups in total. The molecule has 1 fully saturated rings. The van der Waals surface area contributed by atoms with Gasteiger partial charge in [-0.25, -0.2) is 0 Å². The third-order valence-corrected chi connectivity index (χ3v) is 3.98. The smallest absolute Gasteiger partial charge is 0.242 e. The van der Waals surface area contributed by atoms with Crippen molar-refractivity contribution in [3.63, 3.8) is 0 Å². The quantitative estimate of drug-likeness (QED) is 0.756. The van der Waals surface area contributed by atoms with Crippen LogP contribution in [0.1, 0.15) is 46.5 Å². The van der Waals surface area contributed by atoms with Crippen LogP contribution >= 0.6 is 0 Å². The minimum atomic E-state index is -0.338. The highest BCUT2D eigenvalue weighted by molar-refractivity contribution is 5.87. The highest BCUT2D eigenvalue weighted by Gasteiger charge is 2.33. The van der Waals surface area contributed by atoms with E-state index in [9.17, 15) is 9.59 Å². The van der Waals surface area contributed by atoms with Crippen LogP contribution in [0.4, 0.5) is 0 Å². The second-order valence-corrected chi connectivity index (χ2v) is 5.16. The number of carbonyl (C=O) groups excluding carboxylic acids is 2. The van der Waals surface area contributed by atoms with Gasteiger partial charge in [0.15, 0.2) is 0 Å². The summed E-state index contributed by atoms with van der Waals surface area (Å²) in [7, 11) is 0. The zero-order chi connectivity index (χ0) is 13.8. The predicted octanol–water partition coefficient (Wildman–Crippen LogP) is 0.631. The third kappa shape index (κ3) is 3.45. The standard InChI is InChI=1S/C13H25N3O2/c1-4-13(14,5-2)9-15-12(18)11-7-6-8-16(11)10(3)17/h11H,4-9,14H2,1-3H3,(H,15,18). The van der Waals surface area contributed by atoms with Crippen molar-refractivity contribution in [1.82, 2.24) is 10.2 Å². The monoisotopic (exact) mass is 255 g/mol. The Labute approximate surface area is 109 Å². The summed E-state index contributed by atoms with van der Waals surface area (Å²) in [5.41, 5.74) is 5.80. The normalized spacial score (nSPS) is 20.0. The van der Waals surface area contributed by atoms with E-state index in [2.05, 4.69) is 5.32 Å². The first-order chi connectivity index (χ1) is 8.43. The first-order valence-corrected chi connectivity index (χ1v) is 6.77. The number of nitrogens with zero attached hydrogens (tertiary/aromatic N) is 1. The Hall–Kier alpha value is -1.10. The van der Waals surface area contributed by atoms with E-state index in [1.54, 1.807) is 4.90 Å². The maximum Gasteiger partial charge on any atom is 0.242 e. The van der Waals surface area contributed by atoms with Crippen LogP contribution in [0.3, 0.4) is 0 Å². The van der Waals surface area contributed by atoms with E-state index in [4.69, 9.17) is 5.73 Å². The molecule has 0 aromatic carbocycles. The van der Waals surface area contributed by atoms with E-state index < -0.39 is 0 Å². The van der Waals surface area contributed by atoms with Gasteiger partial charge >= 0.3 is 0 Å². The Bertz CT molecular complexity index is 313. The topological polar surface area (TPSA) is 75.4 Å². The molecule has 0 bridgehead atoms. The van der Waals surface area contributed by atoms with Crippen LogP contribution in [0, 0.1) is 0 Å². The Morgan fingerprint density at radius 2 is 2.00 bits per heavy atom. The van der Waals surface area contributed by atoms with Crippen molar-refractivity contribution in [3.05, 3.63) is 0 Å². The molecule has 0 saturated carbocycles. The van der Waals surface area contributed by atoms with Gasteiger partial charge in [-0.15, -0.1) is 0 Å². The van der Waals surface area contributed by atoms with Gasteiger partial charge in [0, 0.05) is 25.6 Å². The fraction of sp³-hybridized carbons (Fsp3) is 0.846. The first-order valence-electron chi connectivity index (χ1n) is 6.77. The Kier molecular flexibility index (Phi) is 5.14. The molecule has 1 aliphatic heterocycles. The van der Waals surface area contributed by atoms with Crippen molar-refractivity contribution < 1.29 is 9.59 Å². The van der Waals surface area contributed by atoms with Gasteiger partial charge < -0.3 is 16.0 Å². The van der Waals surface area contributed by atoms with Crippen LogP contribution in [0.5, 0.6) is 0 Å². The molecule has 1 unspecified atom stereocenters. The van der Waals surface area contributed by atoms with Gasteiger partial charge in [-0.1, -0.05) is 13.8 Å². The number of rotatable bonds is 5. The van der Waals surface area contributed by atoms with E-state index in [1.165, 1.54) is 6.92 Å². The molecule has 1 rings (SSSR count). The van der Waals surface area contributed by atoms with Gasteiger partial charge in [0.1, 0.15) is 6.04 Å². The molecule has 1 saturated heterocycles. The van der Waals surface area contributed by atoms with Crippen molar-refractivity contribution >= 4 is 11.8 Å². The van der Waals surface area contributed by atoms with Gasteiger partial charge in [0.05, 0.1) is 0 Å². The molecule has 0 spiro atoms. The van der Waals surface area contributed by atoms with Gasteiger partial charge in [-0.3, -0.25) is 9.59 Å². The summed E-state index contributed by atoms with van der Waals surface area (Å²) >= 11 is 0. The summed E-state index contributed by atoms with van der Waals surface area (Å²) < 4.78 is 0. The maximum absolute atomic E-state index is 12.1. The number of nitrogens with one attached hydrogen (secondary N) is 1. The lowest BCUT2D eigenvalue weighted by Gasteiger charge is -2.29. The van der Waals surface area contributed by atoms with Crippen molar-refractivity contribution in [2.75, 3.05) is 13.1 Å². The zero-order valence-corrected chi connectivity index (χ0v) is 11.7. The molecule has 0 aliphatic carbocycles. The molecule has 0 aromatic heterocycles. The number of hydrogen-bond donors (Lipinski definition) is 2. The van der Waals surface area contributed by atoms with Crippen molar-refractivity contribution in [1.29, 1.82) is 0 Å². The molecular formula is C13H25N3O2. The summed E-state index contributed by atoms with van der Waals surface area (Å²) in [5.74, 6) is -0.0999. The van der Waals surface area contributed by atoms with E-state index in [1.807, 2.05) is 13.8 Å². The fourth-order valence-electron chi connectivity index (χ4n) is 2.30. The Balaban J connectivity index is 2.53. The number of hydrogen-bond acceptors (Lipinski definition) is 3. The fourth-order valence-corrected chi connectivity index (χ4v) is 2.30. The predicted molar refractivity (Wildman–Crippen MR) is 70.9 cm³/mol. The molecular weight excluding hydrogens is 230 g/mol. The molecule has 2 amide bonds. The highest BCUT2D eigenvalue weighted by atomic mass is 16.2. The average molecular weight is 255 g/mol. The van der Waals surface area contributed by atoms with Crippen LogP contribution in [-0.2, 0) is 9.59 Å². The van der Waals surface area contributed by atoms with E-state index in [-0.39, 0.29) is 23.4 Å². The van der Waals surface area contributed by atoms with Crippen molar-refractivity contribution in [2.45, 2.75) is 58.0 Å². The van der Waals surface area contributed by atoms with Crippen LogP contribution in [0.2, 0.25) is 0 Å². The molecule has 5 nitrogen and oxygen atoms in total. The zero-order valence-electron chi connectivity index (χ0n) is 11.7. The first kappa shape index (κ1) is 15.0. The minimum Gasteiger partial charge on any atom is -0.352 e. The molecule has 0 aromatic rings. The van der Waals surface area contributed by atoms with Crippen LogP contribution in [0.15, 0.2) is 0 Å². The highest BCUT2D eigenvalue weighted by Crippen LogP contribution is 2.18. The summed E-state index contributed by atoms with van der Waals surface area (Å²) in [6.45, 7) is 6.71. The van der Waals surface area contributed by atoms with Gasteiger partial charge in [0.2, 0.25) is 11.8 Å². The SMILES string of the molecule is CCC(N)(CC)CNC(=O)C1CCCN1C(C)=O. The molecule has 1 atom stereocenters. The molecule has 104 valence electrons. The second-order valence-electron chi connectivity index (χ2n) is 5.16. The summed E-state index contributed by atoms with van der Waals surface area (Å²) in [6.07, 6.45) is 3.30. The summed E-state index contributed by atoms with van der Waals surface area (Å²) in [6, 6.07) is -0.305. The molecule has 1 aliphatic rings. The van der Waals surface area contributed by atoms with Crippen molar-refractivity contribution in [3.8, 4) is 0 Å². The van der Waals surface area contributed by atoms with E-state index in [0.29, 0.717) is 13.1 Å². The lowest BCUT2D eigenvalue weighted by molar-refractivity contribution is -0.136. The molecule has 0 radical (unpaired) electrons. The minimum absolute atomic E-state index is 0.0300. The summed E-state index contributed by atoms with van der Waals surface area (Å²) in [5, 5.41) is 2.89. The van der Waals surface area contributed by atoms with E-state index in [0.717, 1.165) is 25.7 Å². The number of carbonyl (C=O) groups is 2. The van der Waals surface area contributed by atoms with Crippen LogP contribution in [0.25, 0.3) is 0 Å². The number of likely N-dealkylation sites (tertiary alicyclic amines) is 1. The molecule has 5 heteroatoms. The van der Waals surface area contributed by atoms with Gasteiger partial charge in [0.25, 0.3) is 0 Å². The summed E-state index contributed by atoms with van der Waals surface area (Å²) in [4.78, 5) is 25.1. The Morgan fingerprint density at radius 1 is 1.39 bits per heavy atom. The van der Waals surface area contributed by atoms with Gasteiger partial charge in [-0.05, 0) is 25.7 Å². The van der Waals surface area contributed by atoms with E-state index >= 15 is 0 Å². The second kappa shape index (κ2) is 6.18. The number of nitrogens with two attached hydrogens (primary N) is 1. The molecule has 1 heterocycles. The lowest BCUT2D eigenvalue weighted by atomic mass is 9.94. The van der Waals surface area contributed by atoms with Gasteiger partial charge in [-0.2, -0.15) is 0 Å².